The maximum Gasteiger partial charge on any atom is 0.328 e. The first kappa shape index (κ1) is 17.7. The smallest absolute Gasteiger partial charge is 0.328 e. The second kappa shape index (κ2) is 7.44. The van der Waals surface area contributed by atoms with Crippen molar-refractivity contribution < 1.29 is 13.4 Å². The Balaban J connectivity index is 1.82. The quantitative estimate of drug-likeness (QED) is 0.776. The molecule has 0 aliphatic carbocycles. The SMILES string of the molecule is CCCS(=O)c1nnc(N2C(=O)N(C)CC2Nc2ccc(F)cc2)s1. The largest absolute Gasteiger partial charge is 0.363 e. The molecule has 7 nitrogen and oxygen atoms in total. The van der Waals surface area contributed by atoms with E-state index < -0.39 is 10.8 Å². The number of halogens is 1. The number of carbonyl (C=O) groups is 1. The second-order valence-corrected chi connectivity index (χ2v) is 8.30. The van der Waals surface area contributed by atoms with Crippen LogP contribution < -0.4 is 10.2 Å². The van der Waals surface area contributed by atoms with Gasteiger partial charge in [0.05, 0.1) is 17.3 Å². The van der Waals surface area contributed by atoms with E-state index in [1.807, 2.05) is 6.92 Å². The van der Waals surface area contributed by atoms with Crippen LogP contribution in [-0.4, -0.2) is 50.8 Å². The number of anilines is 2. The number of nitrogens with one attached hydrogen (secondary N) is 1. The minimum Gasteiger partial charge on any atom is -0.363 e. The van der Waals surface area contributed by atoms with Crippen molar-refractivity contribution in [3.8, 4) is 0 Å². The average Bonchev–Trinajstić information content (AvgIpc) is 3.16. The van der Waals surface area contributed by atoms with E-state index in [-0.39, 0.29) is 18.0 Å². The lowest BCUT2D eigenvalue weighted by Gasteiger charge is -2.21. The number of likely N-dealkylation sites (N-methyl/N-ethyl adjacent to an activating group) is 1. The molecule has 0 radical (unpaired) electrons. The third kappa shape index (κ3) is 3.79. The molecule has 25 heavy (non-hydrogen) atoms. The Morgan fingerprint density at radius 2 is 2.08 bits per heavy atom. The number of amides is 2. The van der Waals surface area contributed by atoms with Gasteiger partial charge in [-0.2, -0.15) is 0 Å². The number of nitrogens with zero attached hydrogens (tertiary/aromatic N) is 4. The van der Waals surface area contributed by atoms with Crippen LogP contribution in [0.4, 0.5) is 20.0 Å². The molecule has 2 unspecified atom stereocenters. The van der Waals surface area contributed by atoms with Gasteiger partial charge in [0.15, 0.2) is 0 Å². The van der Waals surface area contributed by atoms with Gasteiger partial charge in [-0.1, -0.05) is 18.3 Å². The summed E-state index contributed by atoms with van der Waals surface area (Å²) in [6, 6.07) is 5.70. The molecule has 10 heteroatoms. The van der Waals surface area contributed by atoms with Crippen LogP contribution in [0.15, 0.2) is 28.6 Å². The molecule has 1 aromatic carbocycles. The van der Waals surface area contributed by atoms with E-state index in [0.29, 0.717) is 27.5 Å². The first-order chi connectivity index (χ1) is 12.0. The maximum absolute atomic E-state index is 13.1. The van der Waals surface area contributed by atoms with Gasteiger partial charge in [0.1, 0.15) is 12.0 Å². The molecular weight excluding hydrogens is 365 g/mol. The Bertz CT molecular complexity index is 782. The molecular formula is C15H18FN5O2S2. The summed E-state index contributed by atoms with van der Waals surface area (Å²) in [5.41, 5.74) is 0.693. The van der Waals surface area contributed by atoms with Gasteiger partial charge in [-0.05, 0) is 30.7 Å². The average molecular weight is 383 g/mol. The summed E-state index contributed by atoms with van der Waals surface area (Å²) >= 11 is 1.16. The molecule has 1 fully saturated rings. The highest BCUT2D eigenvalue weighted by Crippen LogP contribution is 2.29. The lowest BCUT2D eigenvalue weighted by molar-refractivity contribution is 0.229. The molecule has 0 bridgehead atoms. The first-order valence-electron chi connectivity index (χ1n) is 7.78. The standard InChI is InChI=1S/C15H18FN5O2S2/c1-3-8-25(23)14-19-18-13(24-14)21-12(9-20(2)15(21)22)17-11-6-4-10(16)5-7-11/h4-7,12,17H,3,8-9H2,1-2H3. The monoisotopic (exact) mass is 383 g/mol. The Kier molecular flexibility index (Phi) is 5.28. The highest BCUT2D eigenvalue weighted by Gasteiger charge is 2.38. The normalized spacial score (nSPS) is 18.7. The highest BCUT2D eigenvalue weighted by molar-refractivity contribution is 7.87. The first-order valence-corrected chi connectivity index (χ1v) is 9.91. The van der Waals surface area contributed by atoms with Gasteiger partial charge in [-0.15, -0.1) is 10.2 Å². The number of benzene rings is 1. The summed E-state index contributed by atoms with van der Waals surface area (Å²) in [5.74, 6) is 0.189. The lowest BCUT2D eigenvalue weighted by atomic mass is 10.3. The molecule has 1 aliphatic rings. The van der Waals surface area contributed by atoms with Crippen molar-refractivity contribution in [2.75, 3.05) is 29.6 Å². The molecule has 2 heterocycles. The predicted molar refractivity (Wildman–Crippen MR) is 95.8 cm³/mol. The van der Waals surface area contributed by atoms with Gasteiger partial charge in [0.25, 0.3) is 0 Å². The van der Waals surface area contributed by atoms with Crippen LogP contribution in [0.5, 0.6) is 0 Å². The van der Waals surface area contributed by atoms with Crippen molar-refractivity contribution in [3.63, 3.8) is 0 Å². The Labute approximate surface area is 151 Å². The van der Waals surface area contributed by atoms with Crippen LogP contribution in [0.3, 0.4) is 0 Å². The van der Waals surface area contributed by atoms with Crippen LogP contribution in [0, 0.1) is 5.82 Å². The zero-order chi connectivity index (χ0) is 18.0. The van der Waals surface area contributed by atoms with Crippen LogP contribution in [0.25, 0.3) is 0 Å². The van der Waals surface area contributed by atoms with Gasteiger partial charge in [-0.25, -0.2) is 14.1 Å². The highest BCUT2D eigenvalue weighted by atomic mass is 32.2. The van der Waals surface area contributed by atoms with E-state index in [9.17, 15) is 13.4 Å². The van der Waals surface area contributed by atoms with Crippen molar-refractivity contribution in [2.24, 2.45) is 0 Å². The van der Waals surface area contributed by atoms with Gasteiger partial charge in [0.2, 0.25) is 9.47 Å². The van der Waals surface area contributed by atoms with E-state index in [0.717, 1.165) is 17.8 Å². The maximum atomic E-state index is 13.1. The molecule has 0 saturated carbocycles. The van der Waals surface area contributed by atoms with Crippen molar-refractivity contribution in [1.29, 1.82) is 0 Å². The van der Waals surface area contributed by atoms with Crippen LogP contribution in [0.2, 0.25) is 0 Å². The number of hydrogen-bond acceptors (Lipinski definition) is 6. The predicted octanol–water partition coefficient (Wildman–Crippen LogP) is 2.50. The third-order valence-electron chi connectivity index (χ3n) is 3.65. The fourth-order valence-electron chi connectivity index (χ4n) is 2.46. The molecule has 1 saturated heterocycles. The zero-order valence-electron chi connectivity index (χ0n) is 13.8. The molecule has 3 rings (SSSR count). The molecule has 1 aliphatic heterocycles. The van der Waals surface area contributed by atoms with Crippen molar-refractivity contribution in [2.45, 2.75) is 23.8 Å². The van der Waals surface area contributed by atoms with Crippen LogP contribution >= 0.6 is 11.3 Å². The molecule has 1 N–H and O–H groups in total. The summed E-state index contributed by atoms with van der Waals surface area (Å²) in [5, 5.41) is 11.6. The lowest BCUT2D eigenvalue weighted by Crippen LogP contribution is -2.39. The minimum absolute atomic E-state index is 0.219. The van der Waals surface area contributed by atoms with E-state index in [4.69, 9.17) is 0 Å². The third-order valence-corrected chi connectivity index (χ3v) is 6.43. The topological polar surface area (TPSA) is 78.4 Å². The Morgan fingerprint density at radius 3 is 2.76 bits per heavy atom. The Hall–Kier alpha value is -2.07. The summed E-state index contributed by atoms with van der Waals surface area (Å²) in [4.78, 5) is 15.5. The van der Waals surface area contributed by atoms with Crippen LogP contribution in [-0.2, 0) is 10.8 Å². The van der Waals surface area contributed by atoms with E-state index in [1.165, 1.54) is 17.0 Å². The number of aromatic nitrogens is 2. The molecule has 0 spiro atoms. The minimum atomic E-state index is -1.20. The number of hydrogen-bond donors (Lipinski definition) is 1. The molecule has 2 aromatic rings. The van der Waals surface area contributed by atoms with Crippen molar-refractivity contribution >= 4 is 39.0 Å². The molecule has 2 atom stereocenters. The Morgan fingerprint density at radius 1 is 1.36 bits per heavy atom. The van der Waals surface area contributed by atoms with Crippen LogP contribution in [0.1, 0.15) is 13.3 Å². The number of rotatable bonds is 6. The van der Waals surface area contributed by atoms with E-state index >= 15 is 0 Å². The van der Waals surface area contributed by atoms with Gasteiger partial charge >= 0.3 is 6.03 Å². The molecule has 134 valence electrons. The zero-order valence-corrected chi connectivity index (χ0v) is 15.4. The van der Waals surface area contributed by atoms with E-state index in [2.05, 4.69) is 15.5 Å². The number of urea groups is 1. The molecule has 2 amide bonds. The number of carbonyl (C=O) groups excluding carboxylic acids is 1. The second-order valence-electron chi connectivity index (χ2n) is 5.60. The van der Waals surface area contributed by atoms with Crippen molar-refractivity contribution in [1.82, 2.24) is 15.1 Å². The fourth-order valence-corrected chi connectivity index (χ4v) is 4.61. The summed E-state index contributed by atoms with van der Waals surface area (Å²) in [7, 11) is 0.490. The summed E-state index contributed by atoms with van der Waals surface area (Å²) in [6.07, 6.45) is 0.408. The van der Waals surface area contributed by atoms with Crippen molar-refractivity contribution in [3.05, 3.63) is 30.1 Å². The summed E-state index contributed by atoms with van der Waals surface area (Å²) < 4.78 is 25.6. The van der Waals surface area contributed by atoms with Gasteiger partial charge in [0, 0.05) is 18.5 Å². The van der Waals surface area contributed by atoms with Gasteiger partial charge < -0.3 is 10.2 Å². The summed E-state index contributed by atoms with van der Waals surface area (Å²) in [6.45, 7) is 2.38. The molecule has 1 aromatic heterocycles. The fraction of sp³-hybridized carbons (Fsp3) is 0.400. The van der Waals surface area contributed by atoms with Gasteiger partial charge in [-0.3, -0.25) is 4.21 Å². The van der Waals surface area contributed by atoms with E-state index in [1.54, 1.807) is 24.1 Å².